The van der Waals surface area contributed by atoms with Crippen molar-refractivity contribution >= 4 is 5.87 Å². The first kappa shape index (κ1) is 7.41. The van der Waals surface area contributed by atoms with E-state index in [0.717, 1.165) is 13.2 Å². The molecule has 2 heteroatoms. The number of rotatable bonds is 0. The minimum atomic E-state index is 1.00. The van der Waals surface area contributed by atoms with E-state index >= 15 is 0 Å². The highest BCUT2D eigenvalue weighted by molar-refractivity contribution is 5.41. The van der Waals surface area contributed by atoms with Crippen LogP contribution in [0.25, 0.3) is 0 Å². The van der Waals surface area contributed by atoms with Gasteiger partial charge in [-0.3, -0.25) is 5.41 Å². The molecule has 1 N–H and O–H groups in total. The average Bonchev–Trinajstić information content (AvgIpc) is 2.17. The van der Waals surface area contributed by atoms with Gasteiger partial charge in [-0.25, -0.2) is 0 Å². The highest BCUT2D eigenvalue weighted by Gasteiger charge is 1.94. The second kappa shape index (κ2) is 6.41. The summed E-state index contributed by atoms with van der Waals surface area (Å²) in [6, 6.07) is 0. The van der Waals surface area contributed by atoms with Crippen LogP contribution in [-0.4, -0.2) is 19.1 Å². The molecule has 46 valence electrons. The molecule has 1 heterocycles. The highest BCUT2D eigenvalue weighted by atomic mass is 16.5. The predicted octanol–water partition coefficient (Wildman–Crippen LogP) is 1.22. The van der Waals surface area contributed by atoms with Crippen LogP contribution in [0.2, 0.25) is 0 Å². The third-order valence-electron chi connectivity index (χ3n) is 0.827. The lowest BCUT2D eigenvalue weighted by molar-refractivity contribution is 0.198. The first-order chi connectivity index (χ1) is 3.91. The van der Waals surface area contributed by atoms with E-state index in [-0.39, 0.29) is 0 Å². The van der Waals surface area contributed by atoms with Gasteiger partial charge >= 0.3 is 0 Å². The molecule has 0 saturated carbocycles. The fraction of sp³-hybridized carbons (Fsp3) is 0.667. The van der Waals surface area contributed by atoms with E-state index in [1.807, 2.05) is 0 Å². The van der Waals surface area contributed by atoms with Crippen LogP contribution in [0, 0.1) is 5.41 Å². The second-order valence-corrected chi connectivity index (χ2v) is 1.50. The Morgan fingerprint density at radius 1 is 1.38 bits per heavy atom. The third-order valence-corrected chi connectivity index (χ3v) is 0.827. The van der Waals surface area contributed by atoms with Crippen molar-refractivity contribution in [1.29, 1.82) is 5.41 Å². The van der Waals surface area contributed by atoms with Crippen LogP contribution in [0.1, 0.15) is 12.8 Å². The van der Waals surface area contributed by atoms with Crippen molar-refractivity contribution in [2.45, 2.75) is 12.8 Å². The first-order valence-electron chi connectivity index (χ1n) is 2.68. The van der Waals surface area contributed by atoms with Crippen molar-refractivity contribution in [1.82, 2.24) is 0 Å². The molecule has 1 fully saturated rings. The Bertz CT molecular complexity index is 63.0. The Hall–Kier alpha value is -0.590. The Morgan fingerprint density at radius 3 is 1.88 bits per heavy atom. The summed E-state index contributed by atoms with van der Waals surface area (Å²) in [5.41, 5.74) is 0. The Morgan fingerprint density at radius 2 is 1.75 bits per heavy atom. The number of ether oxygens (including phenoxy) is 1. The lowest BCUT2D eigenvalue weighted by Crippen LogP contribution is -1.74. The normalized spacial score (nSPS) is 16.0. The van der Waals surface area contributed by atoms with Crippen LogP contribution in [0.15, 0.2) is 6.58 Å². The van der Waals surface area contributed by atoms with Crippen LogP contribution < -0.4 is 0 Å². The lowest BCUT2D eigenvalue weighted by atomic mass is 10.4. The van der Waals surface area contributed by atoms with Crippen LogP contribution in [0.3, 0.4) is 0 Å². The molecule has 2 nitrogen and oxygen atoms in total. The van der Waals surface area contributed by atoms with Gasteiger partial charge in [0.05, 0.1) is 0 Å². The molecule has 0 unspecified atom stereocenters. The highest BCUT2D eigenvalue weighted by Crippen LogP contribution is 1.98. The standard InChI is InChI=1S/C4H8O.C2H3N/c1-2-4-5-3-1;1-2-3/h1-4H2;3H,1H2. The van der Waals surface area contributed by atoms with E-state index in [1.54, 1.807) is 5.87 Å². The Kier molecular flexibility index (Phi) is 5.94. The largest absolute Gasteiger partial charge is 0.381 e. The summed E-state index contributed by atoms with van der Waals surface area (Å²) in [6.07, 6.45) is 2.56. The molecule has 1 rings (SSSR count). The van der Waals surface area contributed by atoms with Gasteiger partial charge in [-0.05, 0) is 25.3 Å². The summed E-state index contributed by atoms with van der Waals surface area (Å²) in [4.78, 5) is 0. The zero-order valence-electron chi connectivity index (χ0n) is 4.94. The third kappa shape index (κ3) is 5.41. The molecule has 0 aromatic carbocycles. The lowest BCUT2D eigenvalue weighted by Gasteiger charge is -1.76. The van der Waals surface area contributed by atoms with Gasteiger partial charge in [-0.15, -0.1) is 0 Å². The monoisotopic (exact) mass is 113 g/mol. The topological polar surface area (TPSA) is 33.1 Å². The molecule has 1 saturated heterocycles. The van der Waals surface area contributed by atoms with Crippen molar-refractivity contribution in [3.05, 3.63) is 6.58 Å². The fourth-order valence-electron chi connectivity index (χ4n) is 0.510. The van der Waals surface area contributed by atoms with E-state index in [1.165, 1.54) is 12.8 Å². The van der Waals surface area contributed by atoms with E-state index in [9.17, 15) is 0 Å². The maximum absolute atomic E-state index is 5.85. The maximum atomic E-state index is 5.85. The van der Waals surface area contributed by atoms with Gasteiger partial charge in [-0.1, -0.05) is 0 Å². The van der Waals surface area contributed by atoms with Gasteiger partial charge in [0.25, 0.3) is 0 Å². The summed E-state index contributed by atoms with van der Waals surface area (Å²) >= 11 is 0. The van der Waals surface area contributed by atoms with Gasteiger partial charge in [0, 0.05) is 13.2 Å². The summed E-state index contributed by atoms with van der Waals surface area (Å²) in [5.74, 6) is 1.75. The summed E-state index contributed by atoms with van der Waals surface area (Å²) < 4.78 is 4.94. The predicted molar refractivity (Wildman–Crippen MR) is 33.4 cm³/mol. The van der Waals surface area contributed by atoms with Gasteiger partial charge in [0.15, 0.2) is 0 Å². The van der Waals surface area contributed by atoms with Gasteiger partial charge in [0.2, 0.25) is 0 Å². The van der Waals surface area contributed by atoms with E-state index in [0.29, 0.717) is 0 Å². The minimum Gasteiger partial charge on any atom is -0.381 e. The molecule has 0 aliphatic carbocycles. The van der Waals surface area contributed by atoms with Crippen LogP contribution in [-0.2, 0) is 4.74 Å². The summed E-state index contributed by atoms with van der Waals surface area (Å²) in [5, 5.41) is 5.85. The molecule has 8 heavy (non-hydrogen) atoms. The number of nitrogens with one attached hydrogen (secondary N) is 1. The van der Waals surface area contributed by atoms with Gasteiger partial charge < -0.3 is 4.74 Å². The Balaban J connectivity index is 0.000000145. The number of hydrogen-bond donors (Lipinski definition) is 1. The molecule has 0 radical (unpaired) electrons. The van der Waals surface area contributed by atoms with Crippen LogP contribution >= 0.6 is 0 Å². The maximum Gasteiger partial charge on any atom is 0.0466 e. The van der Waals surface area contributed by atoms with Crippen LogP contribution in [0.5, 0.6) is 0 Å². The first-order valence-corrected chi connectivity index (χ1v) is 2.68. The van der Waals surface area contributed by atoms with Crippen molar-refractivity contribution in [2.75, 3.05) is 13.2 Å². The van der Waals surface area contributed by atoms with Gasteiger partial charge in [-0.2, -0.15) is 0 Å². The van der Waals surface area contributed by atoms with Gasteiger partial charge in [0.1, 0.15) is 0 Å². The summed E-state index contributed by atoms with van der Waals surface area (Å²) in [7, 11) is 0. The summed E-state index contributed by atoms with van der Waals surface area (Å²) in [6.45, 7) is 4.90. The second-order valence-electron chi connectivity index (χ2n) is 1.50. The number of hydrogen-bond acceptors (Lipinski definition) is 2. The van der Waals surface area contributed by atoms with E-state index in [2.05, 4.69) is 6.58 Å². The smallest absolute Gasteiger partial charge is 0.0466 e. The van der Waals surface area contributed by atoms with Crippen molar-refractivity contribution < 1.29 is 4.74 Å². The quantitative estimate of drug-likeness (QED) is 0.471. The molecule has 0 bridgehead atoms. The minimum absolute atomic E-state index is 1.00. The Labute approximate surface area is 49.7 Å². The molecule has 0 aromatic rings. The van der Waals surface area contributed by atoms with Crippen molar-refractivity contribution in [3.8, 4) is 0 Å². The molecule has 0 aromatic heterocycles. The molecular weight excluding hydrogens is 102 g/mol. The fourth-order valence-corrected chi connectivity index (χ4v) is 0.510. The zero-order chi connectivity index (χ0) is 6.24. The molecule has 1 aliphatic rings. The average molecular weight is 113 g/mol. The molecule has 0 atom stereocenters. The van der Waals surface area contributed by atoms with E-state index in [4.69, 9.17) is 10.1 Å². The SMILES string of the molecule is C1CCOC1.C=C=N. The molecule has 0 spiro atoms. The van der Waals surface area contributed by atoms with Crippen molar-refractivity contribution in [3.63, 3.8) is 0 Å². The zero-order valence-corrected chi connectivity index (χ0v) is 4.94. The molecule has 1 aliphatic heterocycles. The van der Waals surface area contributed by atoms with Crippen molar-refractivity contribution in [2.24, 2.45) is 0 Å². The van der Waals surface area contributed by atoms with E-state index < -0.39 is 0 Å². The molecular formula is C6H11NO. The molecule has 0 amide bonds. The van der Waals surface area contributed by atoms with Crippen LogP contribution in [0.4, 0.5) is 0 Å².